The van der Waals surface area contributed by atoms with Gasteiger partial charge in [0.2, 0.25) is 0 Å². The molecular weight excluding hydrogens is 270 g/mol. The second-order valence-corrected chi connectivity index (χ2v) is 5.32. The number of hydrogen-bond acceptors (Lipinski definition) is 2. The van der Waals surface area contributed by atoms with Crippen LogP contribution in [0.3, 0.4) is 0 Å². The van der Waals surface area contributed by atoms with Crippen molar-refractivity contribution in [2.45, 2.75) is 27.3 Å². The fraction of sp³-hybridized carbons (Fsp3) is 0.294. The van der Waals surface area contributed by atoms with Gasteiger partial charge in [-0.05, 0) is 55.3 Å². The molecule has 0 bridgehead atoms. The summed E-state index contributed by atoms with van der Waals surface area (Å²) in [6.45, 7) is 8.01. The highest BCUT2D eigenvalue weighted by molar-refractivity contribution is 6.32. The van der Waals surface area contributed by atoms with Crippen LogP contribution in [0.25, 0.3) is 0 Å². The van der Waals surface area contributed by atoms with Crippen molar-refractivity contribution >= 4 is 11.6 Å². The zero-order valence-corrected chi connectivity index (χ0v) is 12.9. The number of halogens is 1. The molecule has 0 saturated carbocycles. The number of aryl methyl sites for hydroxylation is 2. The van der Waals surface area contributed by atoms with Gasteiger partial charge in [0.25, 0.3) is 0 Å². The fourth-order valence-corrected chi connectivity index (χ4v) is 2.29. The third-order valence-electron chi connectivity index (χ3n) is 3.13. The third kappa shape index (κ3) is 3.75. The van der Waals surface area contributed by atoms with E-state index in [1.807, 2.05) is 38.1 Å². The van der Waals surface area contributed by atoms with Gasteiger partial charge in [-0.3, -0.25) is 0 Å². The third-order valence-corrected chi connectivity index (χ3v) is 3.42. The van der Waals surface area contributed by atoms with Crippen LogP contribution >= 0.6 is 11.6 Å². The predicted molar refractivity (Wildman–Crippen MR) is 84.8 cm³/mol. The van der Waals surface area contributed by atoms with Crippen molar-refractivity contribution in [2.75, 3.05) is 6.54 Å². The average molecular weight is 290 g/mol. The molecule has 0 spiro atoms. The normalized spacial score (nSPS) is 10.6. The SMILES string of the molecule is CCNCc1ccc(Oc2ccc(C)cc2Cl)c(C)c1. The molecule has 0 fully saturated rings. The van der Waals surface area contributed by atoms with Crippen molar-refractivity contribution < 1.29 is 4.74 Å². The molecule has 2 nitrogen and oxygen atoms in total. The summed E-state index contributed by atoms with van der Waals surface area (Å²) in [6.07, 6.45) is 0. The molecule has 2 rings (SSSR count). The molecule has 0 atom stereocenters. The topological polar surface area (TPSA) is 21.3 Å². The van der Waals surface area contributed by atoms with Crippen LogP contribution in [0.15, 0.2) is 36.4 Å². The molecule has 0 heterocycles. The van der Waals surface area contributed by atoms with E-state index >= 15 is 0 Å². The summed E-state index contributed by atoms with van der Waals surface area (Å²) in [7, 11) is 0. The van der Waals surface area contributed by atoms with Gasteiger partial charge in [0.05, 0.1) is 5.02 Å². The van der Waals surface area contributed by atoms with Crippen LogP contribution < -0.4 is 10.1 Å². The van der Waals surface area contributed by atoms with Gasteiger partial charge in [0.1, 0.15) is 11.5 Å². The standard InChI is InChI=1S/C17H20ClNO/c1-4-19-11-14-6-8-16(13(3)10-14)20-17-7-5-12(2)9-15(17)18/h5-10,19H,4,11H2,1-3H3. The molecule has 2 aromatic rings. The van der Waals surface area contributed by atoms with Gasteiger partial charge in [0, 0.05) is 6.54 Å². The van der Waals surface area contributed by atoms with E-state index in [1.165, 1.54) is 5.56 Å². The summed E-state index contributed by atoms with van der Waals surface area (Å²) >= 11 is 6.20. The largest absolute Gasteiger partial charge is 0.456 e. The molecule has 2 aromatic carbocycles. The molecule has 0 aliphatic heterocycles. The number of nitrogens with one attached hydrogen (secondary N) is 1. The quantitative estimate of drug-likeness (QED) is 0.849. The highest BCUT2D eigenvalue weighted by Gasteiger charge is 2.06. The Balaban J connectivity index is 2.17. The fourth-order valence-electron chi connectivity index (χ4n) is 2.01. The second kappa shape index (κ2) is 6.78. The van der Waals surface area contributed by atoms with E-state index in [0.717, 1.165) is 30.0 Å². The summed E-state index contributed by atoms with van der Waals surface area (Å²) in [5.41, 5.74) is 3.49. The van der Waals surface area contributed by atoms with Gasteiger partial charge in [-0.2, -0.15) is 0 Å². The van der Waals surface area contributed by atoms with Gasteiger partial charge in [-0.1, -0.05) is 36.7 Å². The molecule has 20 heavy (non-hydrogen) atoms. The van der Waals surface area contributed by atoms with Crippen molar-refractivity contribution in [3.63, 3.8) is 0 Å². The minimum Gasteiger partial charge on any atom is -0.456 e. The lowest BCUT2D eigenvalue weighted by molar-refractivity contribution is 0.478. The van der Waals surface area contributed by atoms with E-state index in [1.54, 1.807) is 0 Å². The number of hydrogen-bond donors (Lipinski definition) is 1. The van der Waals surface area contributed by atoms with Crippen LogP contribution in [0.2, 0.25) is 5.02 Å². The minimum atomic E-state index is 0.640. The molecule has 1 N–H and O–H groups in total. The number of rotatable bonds is 5. The first-order valence-electron chi connectivity index (χ1n) is 6.84. The van der Waals surface area contributed by atoms with Crippen LogP contribution in [0, 0.1) is 13.8 Å². The predicted octanol–water partition coefficient (Wildman–Crippen LogP) is 4.86. The Kier molecular flexibility index (Phi) is 5.05. The van der Waals surface area contributed by atoms with E-state index in [-0.39, 0.29) is 0 Å². The smallest absolute Gasteiger partial charge is 0.146 e. The summed E-state index contributed by atoms with van der Waals surface area (Å²) in [5, 5.41) is 3.95. The zero-order chi connectivity index (χ0) is 14.5. The summed E-state index contributed by atoms with van der Waals surface area (Å²) < 4.78 is 5.90. The van der Waals surface area contributed by atoms with Crippen LogP contribution in [-0.2, 0) is 6.54 Å². The minimum absolute atomic E-state index is 0.640. The van der Waals surface area contributed by atoms with Crippen molar-refractivity contribution in [3.05, 3.63) is 58.1 Å². The number of benzene rings is 2. The Labute approximate surface area is 125 Å². The molecule has 0 unspecified atom stereocenters. The molecule has 0 amide bonds. The van der Waals surface area contributed by atoms with E-state index in [4.69, 9.17) is 16.3 Å². The summed E-state index contributed by atoms with van der Waals surface area (Å²) in [5.74, 6) is 1.54. The average Bonchev–Trinajstić information content (AvgIpc) is 2.42. The first kappa shape index (κ1) is 14.9. The van der Waals surface area contributed by atoms with E-state index in [0.29, 0.717) is 10.8 Å². The van der Waals surface area contributed by atoms with Crippen LogP contribution in [0.4, 0.5) is 0 Å². The molecule has 3 heteroatoms. The van der Waals surface area contributed by atoms with Crippen molar-refractivity contribution in [3.8, 4) is 11.5 Å². The van der Waals surface area contributed by atoms with E-state index in [2.05, 4.69) is 24.4 Å². The molecule has 0 aliphatic rings. The van der Waals surface area contributed by atoms with Crippen LogP contribution in [0.1, 0.15) is 23.6 Å². The summed E-state index contributed by atoms with van der Waals surface area (Å²) in [6, 6.07) is 12.0. The first-order chi connectivity index (χ1) is 9.60. The molecule has 106 valence electrons. The van der Waals surface area contributed by atoms with Gasteiger partial charge in [0.15, 0.2) is 0 Å². The molecule has 0 aromatic heterocycles. The van der Waals surface area contributed by atoms with Crippen LogP contribution in [0.5, 0.6) is 11.5 Å². The molecular formula is C17H20ClNO. The van der Waals surface area contributed by atoms with Gasteiger partial charge < -0.3 is 10.1 Å². The van der Waals surface area contributed by atoms with Crippen molar-refractivity contribution in [1.29, 1.82) is 0 Å². The Bertz CT molecular complexity index is 596. The molecule has 0 saturated heterocycles. The van der Waals surface area contributed by atoms with Gasteiger partial charge >= 0.3 is 0 Å². The monoisotopic (exact) mass is 289 g/mol. The Hall–Kier alpha value is -1.51. The highest BCUT2D eigenvalue weighted by Crippen LogP contribution is 2.31. The maximum Gasteiger partial charge on any atom is 0.146 e. The van der Waals surface area contributed by atoms with Crippen LogP contribution in [-0.4, -0.2) is 6.54 Å². The molecule has 0 radical (unpaired) electrons. The van der Waals surface area contributed by atoms with Gasteiger partial charge in [-0.15, -0.1) is 0 Å². The number of ether oxygens (including phenoxy) is 1. The highest BCUT2D eigenvalue weighted by atomic mass is 35.5. The first-order valence-corrected chi connectivity index (χ1v) is 7.22. The lowest BCUT2D eigenvalue weighted by Crippen LogP contribution is -2.11. The van der Waals surface area contributed by atoms with Gasteiger partial charge in [-0.25, -0.2) is 0 Å². The van der Waals surface area contributed by atoms with E-state index < -0.39 is 0 Å². The lowest BCUT2D eigenvalue weighted by atomic mass is 10.1. The second-order valence-electron chi connectivity index (χ2n) is 4.92. The van der Waals surface area contributed by atoms with E-state index in [9.17, 15) is 0 Å². The summed E-state index contributed by atoms with van der Waals surface area (Å²) in [4.78, 5) is 0. The Morgan fingerprint density at radius 3 is 2.45 bits per heavy atom. The lowest BCUT2D eigenvalue weighted by Gasteiger charge is -2.12. The van der Waals surface area contributed by atoms with Crippen molar-refractivity contribution in [1.82, 2.24) is 5.32 Å². The zero-order valence-electron chi connectivity index (χ0n) is 12.2. The maximum absolute atomic E-state index is 6.20. The van der Waals surface area contributed by atoms with Crippen molar-refractivity contribution in [2.24, 2.45) is 0 Å². The molecule has 0 aliphatic carbocycles. The Morgan fingerprint density at radius 2 is 1.80 bits per heavy atom. The Morgan fingerprint density at radius 1 is 1.05 bits per heavy atom. The maximum atomic E-state index is 6.20.